The van der Waals surface area contributed by atoms with Crippen molar-refractivity contribution < 1.29 is 16.8 Å². The van der Waals surface area contributed by atoms with Crippen LogP contribution in [0.1, 0.15) is 29.0 Å². The first-order valence-corrected chi connectivity index (χ1v) is 18.3. The number of hydrogen-bond acceptors (Lipinski definition) is 2. The molecule has 0 saturated carbocycles. The molecule has 0 unspecified atom stereocenters. The molecule has 1 aromatic heterocycles. The Labute approximate surface area is 342 Å². The zero-order valence-corrected chi connectivity index (χ0v) is 30.2. The smallest absolute Gasteiger partial charge is 0.161 e. The van der Waals surface area contributed by atoms with E-state index in [9.17, 15) is 5.41 Å². The van der Waals surface area contributed by atoms with Crippen molar-refractivity contribution in [3.63, 3.8) is 0 Å². The number of amidine groups is 2. The van der Waals surface area contributed by atoms with E-state index in [-0.39, 0.29) is 52.6 Å². The van der Waals surface area contributed by atoms with Gasteiger partial charge in [-0.1, -0.05) is 158 Å². The summed E-state index contributed by atoms with van der Waals surface area (Å²) in [6, 6.07) is 42.3. The molecule has 4 heteroatoms. The highest BCUT2D eigenvalue weighted by molar-refractivity contribution is 6.16. The van der Waals surface area contributed by atoms with E-state index in [1.807, 2.05) is 115 Å². The maximum absolute atomic E-state index is 9.31. The van der Waals surface area contributed by atoms with Crippen LogP contribution in [0.25, 0.3) is 76.9 Å². The van der Waals surface area contributed by atoms with Gasteiger partial charge in [0.1, 0.15) is 11.2 Å². The van der Waals surface area contributed by atoms with E-state index in [0.717, 1.165) is 32.8 Å². The lowest BCUT2D eigenvalue weighted by atomic mass is 9.95. The maximum atomic E-state index is 9.31. The van der Waals surface area contributed by atoms with E-state index in [4.69, 9.17) is 21.7 Å². The Morgan fingerprint density at radius 3 is 2.07 bits per heavy atom. The third-order valence-electron chi connectivity index (χ3n) is 9.97. The lowest BCUT2D eigenvalue weighted by molar-refractivity contribution is 0.669. The summed E-state index contributed by atoms with van der Waals surface area (Å²) in [6.45, 7) is 0. The predicted octanol–water partition coefficient (Wildman–Crippen LogP) is 13.8. The van der Waals surface area contributed by atoms with E-state index in [1.165, 1.54) is 6.07 Å². The highest BCUT2D eigenvalue weighted by Crippen LogP contribution is 2.39. The molecule has 0 amide bonds. The Balaban J connectivity index is 1.11. The monoisotopic (exact) mass is 738 g/mol. The van der Waals surface area contributed by atoms with Crippen LogP contribution in [0.15, 0.2) is 214 Å². The van der Waals surface area contributed by atoms with Crippen LogP contribution in [0.4, 0.5) is 0 Å². The van der Waals surface area contributed by atoms with Crippen LogP contribution < -0.4 is 0 Å². The molecule has 0 aliphatic heterocycles. The van der Waals surface area contributed by atoms with Crippen LogP contribution in [-0.4, -0.2) is 17.9 Å². The van der Waals surface area contributed by atoms with Crippen molar-refractivity contribution in [3.05, 3.63) is 217 Å². The summed E-state index contributed by atoms with van der Waals surface area (Å²) in [5, 5.41) is 13.6. The third-order valence-corrected chi connectivity index (χ3v) is 9.97. The molecule has 0 aliphatic rings. The zero-order valence-electron chi connectivity index (χ0n) is 39.2. The van der Waals surface area contributed by atoms with E-state index in [0.29, 0.717) is 44.0 Å². The fourth-order valence-electron chi connectivity index (χ4n) is 7.18. The predicted molar refractivity (Wildman–Crippen MR) is 239 cm³/mol. The zero-order chi connectivity index (χ0) is 46.0. The van der Waals surface area contributed by atoms with Gasteiger partial charge < -0.3 is 4.42 Å². The summed E-state index contributed by atoms with van der Waals surface area (Å²) in [5.41, 5.74) is 5.39. The van der Waals surface area contributed by atoms with E-state index < -0.39 is 30.2 Å². The molecule has 268 valence electrons. The summed E-state index contributed by atoms with van der Waals surface area (Å²) in [7, 11) is 0. The van der Waals surface area contributed by atoms with Crippen LogP contribution >= 0.6 is 0 Å². The van der Waals surface area contributed by atoms with Gasteiger partial charge in [0.15, 0.2) is 11.7 Å². The molecule has 0 spiro atoms. The Hall–Kier alpha value is -7.69. The molecule has 10 rings (SSSR count). The van der Waals surface area contributed by atoms with Crippen LogP contribution in [0, 0.1) is 5.41 Å². The molecule has 0 radical (unpaired) electrons. The maximum Gasteiger partial charge on any atom is 0.161 e. The summed E-state index contributed by atoms with van der Waals surface area (Å²) in [5.74, 6) is -0.530. The Morgan fingerprint density at radius 1 is 0.509 bits per heavy atom. The third kappa shape index (κ3) is 6.60. The summed E-state index contributed by atoms with van der Waals surface area (Å²) < 4.78 is 84.6. The number of benzene rings is 9. The normalized spacial score (nSPS) is 14.2. The largest absolute Gasteiger partial charge is 0.456 e. The van der Waals surface area contributed by atoms with Crippen molar-refractivity contribution >= 4 is 61.4 Å². The molecule has 1 N–H and O–H groups in total. The summed E-state index contributed by atoms with van der Waals surface area (Å²) >= 11 is 0. The molecular formula is C53H35N3O. The van der Waals surface area contributed by atoms with Crippen molar-refractivity contribution in [3.8, 4) is 33.4 Å². The number of furan rings is 1. The minimum Gasteiger partial charge on any atom is -0.456 e. The first-order chi connectivity index (χ1) is 31.9. The first kappa shape index (κ1) is 25.4. The lowest BCUT2D eigenvalue weighted by Gasteiger charge is -2.09. The van der Waals surface area contributed by atoms with Gasteiger partial charge in [-0.2, -0.15) is 0 Å². The first-order valence-electron chi connectivity index (χ1n) is 22.8. The molecule has 0 atom stereocenters. The Morgan fingerprint density at radius 2 is 1.25 bits per heavy atom. The molecule has 0 fully saturated rings. The van der Waals surface area contributed by atoms with Gasteiger partial charge >= 0.3 is 0 Å². The molecule has 10 aromatic rings. The van der Waals surface area contributed by atoms with E-state index in [2.05, 4.69) is 11.1 Å². The van der Waals surface area contributed by atoms with Crippen LogP contribution in [-0.2, 0) is 0 Å². The minimum atomic E-state index is -0.564. The number of aliphatic imine (C=N–C) groups is 2. The van der Waals surface area contributed by atoms with Crippen LogP contribution in [0.2, 0.25) is 0 Å². The number of nitrogens with one attached hydrogen (secondary N) is 1. The molecule has 1 heterocycles. The van der Waals surface area contributed by atoms with Crippen LogP contribution in [0.5, 0.6) is 0 Å². The van der Waals surface area contributed by atoms with Gasteiger partial charge in [0.05, 0.1) is 12.3 Å². The molecule has 0 saturated heterocycles. The van der Waals surface area contributed by atoms with Crippen molar-refractivity contribution in [2.24, 2.45) is 9.98 Å². The van der Waals surface area contributed by atoms with Gasteiger partial charge in [0, 0.05) is 33.7 Å². The van der Waals surface area contributed by atoms with E-state index >= 15 is 0 Å². The fraction of sp³-hybridized carbons (Fsp3) is 0. The van der Waals surface area contributed by atoms with Crippen molar-refractivity contribution in [2.75, 3.05) is 0 Å². The lowest BCUT2D eigenvalue weighted by Crippen LogP contribution is -2.04. The fourth-order valence-corrected chi connectivity index (χ4v) is 7.18. The highest BCUT2D eigenvalue weighted by Gasteiger charge is 2.15. The highest BCUT2D eigenvalue weighted by atomic mass is 16.3. The standard InChI is InChI=1S/C53H35N3O/c54-52(56-53(38-17-8-3-9-18-38)55-34-45-32-44(36-15-6-2-7-16-36)29-40-19-10-11-20-46(40)45)42-26-24-37-23-25-41(30-43(37)31-42)47-21-12-22-50-51(47)48-33-39(27-28-49(48)57-50)35-13-4-1-5-14-35/h1-34,54H/i3D,8D,9D,17D,18D,21D,22D,27D,28D. The quantitative estimate of drug-likeness (QED) is 0.134. The van der Waals surface area contributed by atoms with Crippen molar-refractivity contribution in [1.29, 1.82) is 5.41 Å². The molecule has 4 nitrogen and oxygen atoms in total. The van der Waals surface area contributed by atoms with Gasteiger partial charge in [-0.25, -0.2) is 9.98 Å². The second kappa shape index (κ2) is 14.5. The second-order valence-corrected chi connectivity index (χ2v) is 13.5. The van der Waals surface area contributed by atoms with Gasteiger partial charge in [0.25, 0.3) is 0 Å². The van der Waals surface area contributed by atoms with Crippen LogP contribution in [0.3, 0.4) is 0 Å². The van der Waals surface area contributed by atoms with Gasteiger partial charge in [-0.05, 0) is 97.3 Å². The number of nitrogens with zero attached hydrogens (tertiary/aromatic N) is 2. The van der Waals surface area contributed by atoms with Gasteiger partial charge in [0.2, 0.25) is 0 Å². The number of rotatable bonds is 6. The number of fused-ring (bicyclic) bond motifs is 5. The number of hydrogen-bond donors (Lipinski definition) is 1. The van der Waals surface area contributed by atoms with Gasteiger partial charge in [-0.3, -0.25) is 5.41 Å². The SMILES string of the molecule is [2H]c1cc([2H])c2oc3c([2H])c([2H])c(-c4ccccc4)cc3c2c1-c1ccc2ccc(C(=N)N=C(N=Cc3cc(-c4ccccc4)cc4ccccc34)c3c([2H])c([2H])c([2H])c([2H])c3[2H])cc2c1. The molecule has 0 aliphatic carbocycles. The second-order valence-electron chi connectivity index (χ2n) is 13.5. The minimum absolute atomic E-state index is 0.0125. The molecular weight excluding hydrogens is 695 g/mol. The van der Waals surface area contributed by atoms with Crippen molar-refractivity contribution in [2.45, 2.75) is 0 Å². The Kier molecular flexibility index (Phi) is 6.47. The van der Waals surface area contributed by atoms with E-state index in [1.54, 1.807) is 24.4 Å². The molecule has 9 aromatic carbocycles. The van der Waals surface area contributed by atoms with Gasteiger partial charge in [-0.15, -0.1) is 0 Å². The topological polar surface area (TPSA) is 61.7 Å². The molecule has 57 heavy (non-hydrogen) atoms. The average molecular weight is 739 g/mol. The van der Waals surface area contributed by atoms with Crippen molar-refractivity contribution in [1.82, 2.24) is 0 Å². The summed E-state index contributed by atoms with van der Waals surface area (Å²) in [4.78, 5) is 9.30. The summed E-state index contributed by atoms with van der Waals surface area (Å²) in [6.07, 6.45) is 1.55. The molecule has 0 bridgehead atoms. The Bertz CT molecular complexity index is 3690. The average Bonchev–Trinajstić information content (AvgIpc) is 3.73.